The molecule has 0 fully saturated rings. The number of benzene rings is 1. The maximum atomic E-state index is 11.8. The van der Waals surface area contributed by atoms with Crippen LogP contribution in [0.4, 0.5) is 0 Å². The van der Waals surface area contributed by atoms with Crippen LogP contribution in [0.1, 0.15) is 24.2 Å². The molecule has 1 aromatic rings. The van der Waals surface area contributed by atoms with E-state index in [4.69, 9.17) is 11.6 Å². The summed E-state index contributed by atoms with van der Waals surface area (Å²) in [5, 5.41) is 0.511. The van der Waals surface area contributed by atoms with E-state index in [0.29, 0.717) is 29.4 Å². The van der Waals surface area contributed by atoms with Crippen molar-refractivity contribution < 1.29 is 9.59 Å². The van der Waals surface area contributed by atoms with Gasteiger partial charge in [0.05, 0.1) is 10.8 Å². The molecular formula is C13H16ClNO2S. The molecule has 98 valence electrons. The van der Waals surface area contributed by atoms with Gasteiger partial charge in [0.2, 0.25) is 5.91 Å². The molecule has 0 heterocycles. The van der Waals surface area contributed by atoms with Gasteiger partial charge in [-0.15, -0.1) is 11.8 Å². The van der Waals surface area contributed by atoms with E-state index in [0.717, 1.165) is 11.2 Å². The third-order valence-corrected chi connectivity index (χ3v) is 4.04. The van der Waals surface area contributed by atoms with Crippen LogP contribution in [0.5, 0.6) is 0 Å². The molecule has 5 heteroatoms. The second-order valence-electron chi connectivity index (χ2n) is 3.66. The molecule has 0 bridgehead atoms. The van der Waals surface area contributed by atoms with Gasteiger partial charge in [-0.05, 0) is 26.0 Å². The number of hydrogen-bond donors (Lipinski definition) is 0. The summed E-state index contributed by atoms with van der Waals surface area (Å²) in [6.07, 6.45) is 0.751. The van der Waals surface area contributed by atoms with Crippen molar-refractivity contribution in [2.75, 3.05) is 18.8 Å². The maximum Gasteiger partial charge on any atom is 0.232 e. The molecule has 0 saturated heterocycles. The zero-order valence-electron chi connectivity index (χ0n) is 10.5. The van der Waals surface area contributed by atoms with E-state index in [2.05, 4.69) is 0 Å². The Bertz CT molecular complexity index is 433. The fourth-order valence-corrected chi connectivity index (χ4v) is 2.69. The lowest BCUT2D eigenvalue weighted by Crippen LogP contribution is -2.31. The highest BCUT2D eigenvalue weighted by atomic mass is 35.5. The monoisotopic (exact) mass is 285 g/mol. The van der Waals surface area contributed by atoms with Crippen LogP contribution in [0, 0.1) is 0 Å². The van der Waals surface area contributed by atoms with Crippen LogP contribution in [-0.2, 0) is 4.79 Å². The predicted molar refractivity (Wildman–Crippen MR) is 75.5 cm³/mol. The molecule has 0 unspecified atom stereocenters. The van der Waals surface area contributed by atoms with E-state index in [1.54, 1.807) is 23.1 Å². The fraction of sp³-hybridized carbons (Fsp3) is 0.385. The Hall–Kier alpha value is -1.00. The first-order chi connectivity index (χ1) is 8.62. The first-order valence-electron chi connectivity index (χ1n) is 5.77. The normalized spacial score (nSPS) is 10.2. The molecule has 0 atom stereocenters. The average molecular weight is 286 g/mol. The minimum atomic E-state index is 0.0977. The Kier molecular flexibility index (Phi) is 6.22. The fourth-order valence-electron chi connectivity index (χ4n) is 1.51. The molecule has 3 nitrogen and oxygen atoms in total. The lowest BCUT2D eigenvalue weighted by molar-refractivity contribution is -0.127. The van der Waals surface area contributed by atoms with Crippen LogP contribution >= 0.6 is 23.4 Å². The molecule has 0 aliphatic carbocycles. The summed E-state index contributed by atoms with van der Waals surface area (Å²) in [6, 6.07) is 5.08. The first kappa shape index (κ1) is 15.1. The highest BCUT2D eigenvalue weighted by molar-refractivity contribution is 8.00. The quantitative estimate of drug-likeness (QED) is 0.595. The van der Waals surface area contributed by atoms with E-state index in [9.17, 15) is 9.59 Å². The van der Waals surface area contributed by atoms with Gasteiger partial charge < -0.3 is 4.90 Å². The lowest BCUT2D eigenvalue weighted by Gasteiger charge is -2.18. The third-order valence-electron chi connectivity index (χ3n) is 2.56. The van der Waals surface area contributed by atoms with Crippen molar-refractivity contribution in [3.8, 4) is 0 Å². The molecule has 1 aromatic carbocycles. The van der Waals surface area contributed by atoms with Gasteiger partial charge in [-0.1, -0.05) is 17.7 Å². The number of thioether (sulfide) groups is 1. The van der Waals surface area contributed by atoms with Crippen LogP contribution in [0.25, 0.3) is 0 Å². The van der Waals surface area contributed by atoms with Crippen molar-refractivity contribution in [1.82, 2.24) is 4.90 Å². The summed E-state index contributed by atoms with van der Waals surface area (Å²) in [4.78, 5) is 25.0. The SMILES string of the molecule is CCN(CC)C(=O)CSc1ccc(C=O)cc1Cl. The van der Waals surface area contributed by atoms with E-state index >= 15 is 0 Å². The van der Waals surface area contributed by atoms with Gasteiger partial charge in [-0.2, -0.15) is 0 Å². The van der Waals surface area contributed by atoms with Crippen molar-refractivity contribution in [2.45, 2.75) is 18.7 Å². The van der Waals surface area contributed by atoms with E-state index in [1.165, 1.54) is 11.8 Å². The molecule has 0 aliphatic heterocycles. The highest BCUT2D eigenvalue weighted by Crippen LogP contribution is 2.27. The highest BCUT2D eigenvalue weighted by Gasteiger charge is 2.11. The minimum Gasteiger partial charge on any atom is -0.343 e. The third kappa shape index (κ3) is 4.03. The number of amides is 1. The summed E-state index contributed by atoms with van der Waals surface area (Å²) in [6.45, 7) is 5.34. The molecule has 0 N–H and O–H groups in total. The number of carbonyl (C=O) groups excluding carboxylic acids is 2. The van der Waals surface area contributed by atoms with Crippen molar-refractivity contribution >= 4 is 35.6 Å². The van der Waals surface area contributed by atoms with Gasteiger partial charge in [0.1, 0.15) is 6.29 Å². The topological polar surface area (TPSA) is 37.4 Å². The van der Waals surface area contributed by atoms with Crippen LogP contribution < -0.4 is 0 Å². The molecule has 0 aromatic heterocycles. The summed E-state index contributed by atoms with van der Waals surface area (Å²) in [7, 11) is 0. The minimum absolute atomic E-state index is 0.0977. The molecule has 18 heavy (non-hydrogen) atoms. The largest absolute Gasteiger partial charge is 0.343 e. The smallest absolute Gasteiger partial charge is 0.232 e. The number of aldehydes is 1. The zero-order chi connectivity index (χ0) is 13.5. The van der Waals surface area contributed by atoms with Crippen molar-refractivity contribution in [1.29, 1.82) is 0 Å². The number of halogens is 1. The zero-order valence-corrected chi connectivity index (χ0v) is 12.1. The Labute approximate surface area is 116 Å². The molecule has 0 saturated carbocycles. The number of rotatable bonds is 6. The molecule has 1 amide bonds. The summed E-state index contributed by atoms with van der Waals surface area (Å²) >= 11 is 7.43. The molecular weight excluding hydrogens is 270 g/mol. The van der Waals surface area contributed by atoms with Crippen LogP contribution in [0.2, 0.25) is 5.02 Å². The summed E-state index contributed by atoms with van der Waals surface area (Å²) in [5.41, 5.74) is 0.541. The Morgan fingerprint density at radius 2 is 2.06 bits per heavy atom. The van der Waals surface area contributed by atoms with Gasteiger partial charge in [-0.3, -0.25) is 9.59 Å². The van der Waals surface area contributed by atoms with Crippen LogP contribution in [-0.4, -0.2) is 35.9 Å². The van der Waals surface area contributed by atoms with Gasteiger partial charge in [0, 0.05) is 23.5 Å². The van der Waals surface area contributed by atoms with Gasteiger partial charge >= 0.3 is 0 Å². The number of nitrogens with zero attached hydrogens (tertiary/aromatic N) is 1. The Morgan fingerprint density at radius 1 is 1.39 bits per heavy atom. The van der Waals surface area contributed by atoms with Gasteiger partial charge in [0.15, 0.2) is 0 Å². The average Bonchev–Trinajstić information content (AvgIpc) is 2.38. The van der Waals surface area contributed by atoms with Gasteiger partial charge in [-0.25, -0.2) is 0 Å². The van der Waals surface area contributed by atoms with Gasteiger partial charge in [0.25, 0.3) is 0 Å². The Balaban J connectivity index is 2.63. The standard InChI is InChI=1S/C13H16ClNO2S/c1-3-15(4-2)13(17)9-18-12-6-5-10(8-16)7-11(12)14/h5-8H,3-4,9H2,1-2H3. The van der Waals surface area contributed by atoms with Crippen molar-refractivity contribution in [2.24, 2.45) is 0 Å². The summed E-state index contributed by atoms with van der Waals surface area (Å²) < 4.78 is 0. The second kappa shape index (κ2) is 7.44. The van der Waals surface area contributed by atoms with Crippen molar-refractivity contribution in [3.63, 3.8) is 0 Å². The summed E-state index contributed by atoms with van der Waals surface area (Å²) in [5.74, 6) is 0.461. The van der Waals surface area contributed by atoms with Crippen LogP contribution in [0.3, 0.4) is 0 Å². The lowest BCUT2D eigenvalue weighted by atomic mass is 10.2. The molecule has 0 aliphatic rings. The van der Waals surface area contributed by atoms with Crippen LogP contribution in [0.15, 0.2) is 23.1 Å². The van der Waals surface area contributed by atoms with E-state index < -0.39 is 0 Å². The Morgan fingerprint density at radius 3 is 2.56 bits per heavy atom. The number of carbonyl (C=O) groups is 2. The second-order valence-corrected chi connectivity index (χ2v) is 5.09. The molecule has 1 rings (SSSR count). The van der Waals surface area contributed by atoms with Crippen molar-refractivity contribution in [3.05, 3.63) is 28.8 Å². The molecule has 0 radical (unpaired) electrons. The predicted octanol–water partition coefficient (Wildman–Crippen LogP) is 3.11. The maximum absolute atomic E-state index is 11.8. The first-order valence-corrected chi connectivity index (χ1v) is 7.14. The molecule has 0 spiro atoms. The van der Waals surface area contributed by atoms with E-state index in [1.807, 2.05) is 13.8 Å². The number of hydrogen-bond acceptors (Lipinski definition) is 3. The van der Waals surface area contributed by atoms with E-state index in [-0.39, 0.29) is 5.91 Å².